The normalized spacial score (nSPS) is 15.9. The van der Waals surface area contributed by atoms with Crippen LogP contribution in [0.15, 0.2) is 17.3 Å². The minimum absolute atomic E-state index is 0.0215. The average molecular weight is 713 g/mol. The van der Waals surface area contributed by atoms with Crippen LogP contribution >= 0.6 is 11.3 Å². The molecule has 49 heavy (non-hydrogen) atoms. The van der Waals surface area contributed by atoms with Crippen LogP contribution in [0.2, 0.25) is 0 Å². The molecule has 0 radical (unpaired) electrons. The molecule has 1 saturated carbocycles. The van der Waals surface area contributed by atoms with Gasteiger partial charge in [0.2, 0.25) is 15.0 Å². The lowest BCUT2D eigenvalue weighted by molar-refractivity contribution is 0.0636. The quantitative estimate of drug-likeness (QED) is 0.181. The van der Waals surface area contributed by atoms with Gasteiger partial charge < -0.3 is 19.7 Å². The van der Waals surface area contributed by atoms with Crippen molar-refractivity contribution in [2.24, 2.45) is 0 Å². The van der Waals surface area contributed by atoms with E-state index in [-0.39, 0.29) is 68.3 Å². The van der Waals surface area contributed by atoms with Gasteiger partial charge in [-0.3, -0.25) is 5.32 Å². The van der Waals surface area contributed by atoms with Gasteiger partial charge in [0.15, 0.2) is 5.82 Å². The number of nitrogens with one attached hydrogen (secondary N) is 2. The van der Waals surface area contributed by atoms with Crippen LogP contribution in [0.5, 0.6) is 0 Å². The van der Waals surface area contributed by atoms with Crippen LogP contribution < -0.4 is 10.6 Å². The molecular formula is C34H38F2N6O5S2. The summed E-state index contributed by atoms with van der Waals surface area (Å²) in [5.41, 5.74) is -0.964. The van der Waals surface area contributed by atoms with Crippen molar-refractivity contribution in [3.8, 4) is 17.2 Å². The molecule has 0 bridgehead atoms. The highest BCUT2D eigenvalue weighted by atomic mass is 32.2. The summed E-state index contributed by atoms with van der Waals surface area (Å²) in [5.74, 6) is -1.94. The molecule has 2 aliphatic rings. The second-order valence-corrected chi connectivity index (χ2v) is 16.9. The minimum atomic E-state index is -4.00. The number of thiophene rings is 1. The monoisotopic (exact) mass is 712 g/mol. The summed E-state index contributed by atoms with van der Waals surface area (Å²) in [6.45, 7) is 6.91. The Bertz CT molecular complexity index is 2150. The molecule has 11 nitrogen and oxygen atoms in total. The molecule has 15 heteroatoms. The second-order valence-electron chi connectivity index (χ2n) is 13.6. The maximum Gasteiger partial charge on any atom is 0.412 e. The molecule has 0 unspecified atom stereocenters. The van der Waals surface area contributed by atoms with Crippen molar-refractivity contribution < 1.29 is 31.5 Å². The topological polar surface area (TPSA) is 147 Å². The van der Waals surface area contributed by atoms with Gasteiger partial charge in [-0.1, -0.05) is 19.8 Å². The average Bonchev–Trinajstić information content (AvgIpc) is 3.79. The molecule has 0 saturated heterocycles. The summed E-state index contributed by atoms with van der Waals surface area (Å²) in [6.07, 6.45) is 3.12. The number of carbonyl (C=O) groups is 1. The number of amides is 1. The Balaban J connectivity index is 1.61. The maximum atomic E-state index is 17.2. The number of sulfone groups is 1. The number of hydrogen-bond donors (Lipinski definition) is 2. The Morgan fingerprint density at radius 2 is 1.82 bits per heavy atom. The molecule has 6 rings (SSSR count). The largest absolute Gasteiger partial charge is 0.444 e. The first-order chi connectivity index (χ1) is 23.1. The number of carbonyl (C=O) groups excluding carboxylic acids is 1. The van der Waals surface area contributed by atoms with Gasteiger partial charge in [-0.15, -0.1) is 11.3 Å². The summed E-state index contributed by atoms with van der Waals surface area (Å²) in [4.78, 5) is 23.5. The van der Waals surface area contributed by atoms with Crippen LogP contribution in [0.4, 0.5) is 24.4 Å². The lowest BCUT2D eigenvalue weighted by Crippen LogP contribution is -2.47. The number of fused-ring (bicyclic) bond motifs is 4. The number of nitriles is 1. The molecule has 1 fully saturated rings. The van der Waals surface area contributed by atoms with Crippen LogP contribution in [-0.2, 0) is 32.5 Å². The summed E-state index contributed by atoms with van der Waals surface area (Å²) in [6, 6.07) is 4.67. The highest BCUT2D eigenvalue weighted by Crippen LogP contribution is 2.48. The molecule has 0 spiro atoms. The SMILES string of the molecule is CCS(=O)(=O)c1nc(NCC2(N(C)C)CCCC2)c2c3c(c(-c4c(F)ccc5sc(NC(=O)OC(C)(C)C)c(C#N)c45)c(F)c2n1)COC3. The molecular weight excluding hydrogens is 675 g/mol. The zero-order valence-electron chi connectivity index (χ0n) is 28.2. The second kappa shape index (κ2) is 12.7. The van der Waals surface area contributed by atoms with E-state index in [1.54, 1.807) is 20.8 Å². The number of ether oxygens (including phenoxy) is 2. The summed E-state index contributed by atoms with van der Waals surface area (Å²) < 4.78 is 71.3. The predicted molar refractivity (Wildman–Crippen MR) is 184 cm³/mol. The number of halogens is 2. The highest BCUT2D eigenvalue weighted by molar-refractivity contribution is 7.91. The van der Waals surface area contributed by atoms with Gasteiger partial charge >= 0.3 is 6.09 Å². The summed E-state index contributed by atoms with van der Waals surface area (Å²) in [7, 11) is -0.00417. The molecule has 260 valence electrons. The third-order valence-electron chi connectivity index (χ3n) is 9.28. The van der Waals surface area contributed by atoms with E-state index in [1.807, 2.05) is 14.1 Å². The smallest absolute Gasteiger partial charge is 0.412 e. The maximum absolute atomic E-state index is 17.2. The van der Waals surface area contributed by atoms with Crippen LogP contribution in [0, 0.1) is 23.0 Å². The fourth-order valence-electron chi connectivity index (χ4n) is 6.73. The summed E-state index contributed by atoms with van der Waals surface area (Å²) >= 11 is 1.02. The Morgan fingerprint density at radius 3 is 2.45 bits per heavy atom. The van der Waals surface area contributed by atoms with E-state index in [0.29, 0.717) is 22.4 Å². The predicted octanol–water partition coefficient (Wildman–Crippen LogP) is 7.12. The standard InChI is InChI=1S/C34H38F2N6O5S2/c1-7-49(44,45)31-39-28-25(29(40-31)38-17-34(42(5)6)12-8-9-13-34)20-16-46-15-19(20)24(27(28)36)26-21(35)10-11-22-23(26)18(14-37)30(48-22)41-32(43)47-33(2,3)4/h10-11H,7-9,12-13,15-17H2,1-6H3,(H,41,43)(H,38,39,40). The lowest BCUT2D eigenvalue weighted by atomic mass is 9.90. The minimum Gasteiger partial charge on any atom is -0.444 e. The zero-order valence-corrected chi connectivity index (χ0v) is 29.8. The number of hydrogen-bond acceptors (Lipinski definition) is 11. The van der Waals surface area contributed by atoms with E-state index in [4.69, 9.17) is 9.47 Å². The fraction of sp³-hybridized carbons (Fsp3) is 0.471. The molecule has 1 aliphatic heterocycles. The Morgan fingerprint density at radius 1 is 1.12 bits per heavy atom. The summed E-state index contributed by atoms with van der Waals surface area (Å²) in [5, 5.41) is 16.1. The third-order valence-corrected chi connectivity index (χ3v) is 11.9. The Labute approximate surface area is 287 Å². The molecule has 1 aliphatic carbocycles. The molecule has 1 amide bonds. The van der Waals surface area contributed by atoms with Crippen LogP contribution in [0.1, 0.15) is 70.1 Å². The van der Waals surface area contributed by atoms with E-state index in [1.165, 1.54) is 19.1 Å². The molecule has 2 aromatic heterocycles. The van der Waals surface area contributed by atoms with Gasteiger partial charge in [-0.2, -0.15) is 5.26 Å². The van der Waals surface area contributed by atoms with E-state index in [9.17, 15) is 18.5 Å². The highest BCUT2D eigenvalue weighted by Gasteiger charge is 2.37. The number of benzene rings is 2. The van der Waals surface area contributed by atoms with Crippen molar-refractivity contribution in [1.82, 2.24) is 14.9 Å². The van der Waals surface area contributed by atoms with E-state index in [0.717, 1.165) is 37.0 Å². The van der Waals surface area contributed by atoms with Crippen LogP contribution in [0.25, 0.3) is 32.1 Å². The van der Waals surface area contributed by atoms with Crippen molar-refractivity contribution in [2.75, 3.05) is 37.0 Å². The molecule has 4 aromatic rings. The van der Waals surface area contributed by atoms with Crippen molar-refractivity contribution in [3.05, 3.63) is 40.5 Å². The van der Waals surface area contributed by atoms with Crippen molar-refractivity contribution in [2.45, 2.75) is 82.9 Å². The molecule has 3 heterocycles. The first-order valence-electron chi connectivity index (χ1n) is 16.0. The van der Waals surface area contributed by atoms with E-state index < -0.39 is 38.3 Å². The third kappa shape index (κ3) is 6.20. The van der Waals surface area contributed by atoms with Crippen LogP contribution in [0.3, 0.4) is 0 Å². The van der Waals surface area contributed by atoms with Gasteiger partial charge in [0.05, 0.1) is 29.9 Å². The van der Waals surface area contributed by atoms with Crippen molar-refractivity contribution >= 4 is 59.1 Å². The number of rotatable bonds is 8. The first-order valence-corrected chi connectivity index (χ1v) is 18.5. The number of likely N-dealkylation sites (N-methyl/N-ethyl adjacent to an activating group) is 1. The van der Waals surface area contributed by atoms with Gasteiger partial charge in [-0.25, -0.2) is 32.0 Å². The van der Waals surface area contributed by atoms with E-state index in [2.05, 4.69) is 31.6 Å². The van der Waals surface area contributed by atoms with Gasteiger partial charge in [-0.05, 0) is 71.0 Å². The Kier molecular flexibility index (Phi) is 9.06. The van der Waals surface area contributed by atoms with Crippen LogP contribution in [-0.4, -0.2) is 66.9 Å². The molecule has 2 N–H and O–H groups in total. The lowest BCUT2D eigenvalue weighted by Gasteiger charge is -2.36. The Hall–Kier alpha value is -3.97. The molecule has 2 aromatic carbocycles. The number of aromatic nitrogens is 2. The fourth-order valence-corrected chi connectivity index (χ4v) is 8.50. The number of nitrogens with zero attached hydrogens (tertiary/aromatic N) is 4. The van der Waals surface area contributed by atoms with Gasteiger partial charge in [0.1, 0.15) is 33.8 Å². The van der Waals surface area contributed by atoms with Crippen molar-refractivity contribution in [1.29, 1.82) is 5.26 Å². The zero-order chi connectivity index (χ0) is 35.5. The number of anilines is 2. The van der Waals surface area contributed by atoms with Gasteiger partial charge in [0.25, 0.3) is 0 Å². The van der Waals surface area contributed by atoms with E-state index >= 15 is 8.78 Å². The first kappa shape index (κ1) is 34.9. The molecule has 0 atom stereocenters. The van der Waals surface area contributed by atoms with Crippen molar-refractivity contribution in [3.63, 3.8) is 0 Å². The van der Waals surface area contributed by atoms with Gasteiger partial charge in [0, 0.05) is 33.3 Å².